The van der Waals surface area contributed by atoms with Gasteiger partial charge in [0.1, 0.15) is 0 Å². The van der Waals surface area contributed by atoms with Gasteiger partial charge in [-0.15, -0.1) is 0 Å². The van der Waals surface area contributed by atoms with Crippen LogP contribution in [0.1, 0.15) is 16.7 Å². The summed E-state index contributed by atoms with van der Waals surface area (Å²) >= 11 is 0. The largest absolute Gasteiger partial charge is 0.308 e. The number of fused-ring (bicyclic) bond motifs is 6. The first-order valence-electron chi connectivity index (χ1n) is 24.2. The number of hydrogen-bond donors (Lipinski definition) is 0. The molecule has 0 aliphatic rings. The van der Waals surface area contributed by atoms with E-state index in [4.69, 9.17) is 15.0 Å². The molecule has 0 bridgehead atoms. The number of nitrogens with zero attached hydrogens (tertiary/aromatic N) is 8. The van der Waals surface area contributed by atoms with Crippen molar-refractivity contribution in [2.24, 2.45) is 0 Å². The normalized spacial score (nSPS) is 11.2. The second kappa shape index (κ2) is 17.9. The van der Waals surface area contributed by atoms with Crippen LogP contribution in [0.5, 0.6) is 0 Å². The molecule has 0 amide bonds. The molecule has 0 spiro atoms. The molecular formula is C66H38N8. The highest BCUT2D eigenvalue weighted by atomic mass is 15.1. The smallest absolute Gasteiger partial charge is 0.166 e. The first-order chi connectivity index (χ1) is 36.5. The van der Waals surface area contributed by atoms with Gasteiger partial charge in [-0.25, -0.2) is 15.0 Å². The highest BCUT2D eigenvalue weighted by Gasteiger charge is 2.24. The number of rotatable bonds is 8. The van der Waals surface area contributed by atoms with Crippen molar-refractivity contribution in [3.8, 4) is 97.1 Å². The summed E-state index contributed by atoms with van der Waals surface area (Å²) < 4.78 is 4.58. The lowest BCUT2D eigenvalue weighted by molar-refractivity contribution is 1.06. The Bertz CT molecular complexity index is 4190. The Labute approximate surface area is 425 Å². The molecule has 0 saturated carbocycles. The van der Waals surface area contributed by atoms with Crippen molar-refractivity contribution in [3.63, 3.8) is 0 Å². The van der Waals surface area contributed by atoms with Crippen molar-refractivity contribution in [3.05, 3.63) is 247 Å². The van der Waals surface area contributed by atoms with Crippen LogP contribution in [0, 0.1) is 34.0 Å². The Kier molecular flexibility index (Phi) is 10.5. The molecule has 0 unspecified atom stereocenters. The van der Waals surface area contributed by atoms with E-state index in [1.165, 1.54) is 0 Å². The quantitative estimate of drug-likeness (QED) is 0.150. The lowest BCUT2D eigenvalue weighted by Gasteiger charge is -2.19. The maximum atomic E-state index is 9.97. The van der Waals surface area contributed by atoms with Crippen LogP contribution in [0.2, 0.25) is 0 Å². The van der Waals surface area contributed by atoms with Gasteiger partial charge in [0.2, 0.25) is 0 Å². The Hall–Kier alpha value is -10.7. The minimum atomic E-state index is 0.452. The van der Waals surface area contributed by atoms with Gasteiger partial charge in [0.05, 0.1) is 68.3 Å². The zero-order chi connectivity index (χ0) is 49.7. The molecule has 0 atom stereocenters. The van der Waals surface area contributed by atoms with E-state index in [0.717, 1.165) is 105 Å². The molecule has 3 heterocycles. The molecule has 74 heavy (non-hydrogen) atoms. The molecule has 10 aromatic carbocycles. The Morgan fingerprint density at radius 3 is 1.04 bits per heavy atom. The van der Waals surface area contributed by atoms with Crippen molar-refractivity contribution in [1.29, 1.82) is 15.8 Å². The van der Waals surface area contributed by atoms with E-state index >= 15 is 0 Å². The van der Waals surface area contributed by atoms with Crippen molar-refractivity contribution in [2.45, 2.75) is 0 Å². The Balaban J connectivity index is 1.14. The zero-order valence-corrected chi connectivity index (χ0v) is 39.5. The summed E-state index contributed by atoms with van der Waals surface area (Å²) in [7, 11) is 0. The molecule has 8 nitrogen and oxygen atoms in total. The predicted molar refractivity (Wildman–Crippen MR) is 295 cm³/mol. The summed E-state index contributed by atoms with van der Waals surface area (Å²) in [5.74, 6) is 1.36. The first-order valence-corrected chi connectivity index (χ1v) is 24.2. The number of aromatic nitrogens is 5. The average Bonchev–Trinajstić information content (AvgIpc) is 4.00. The van der Waals surface area contributed by atoms with Gasteiger partial charge in [-0.3, -0.25) is 0 Å². The molecule has 0 aliphatic heterocycles. The van der Waals surface area contributed by atoms with E-state index in [1.807, 2.05) is 91.0 Å². The van der Waals surface area contributed by atoms with Gasteiger partial charge in [-0.1, -0.05) is 146 Å². The SMILES string of the molecule is N#Cc1ccc(-c2ccccc2-c2nc(-c3ccc(-c4cccc(C#N)c4)cc3-n3c4ccccc4c4ccccc43)nc(-c3ccc(-c4cccc(C#N)c4)cc3-n3c4ccccc4c4ccccc43)n2)cc1. The topological polar surface area (TPSA) is 120 Å². The average molecular weight is 943 g/mol. The summed E-state index contributed by atoms with van der Waals surface area (Å²) in [6, 6.07) is 84.3. The number of nitriles is 3. The fourth-order valence-corrected chi connectivity index (χ4v) is 10.5. The first kappa shape index (κ1) is 43.3. The van der Waals surface area contributed by atoms with E-state index in [-0.39, 0.29) is 0 Å². The Morgan fingerprint density at radius 1 is 0.270 bits per heavy atom. The third-order valence-electron chi connectivity index (χ3n) is 13.9. The second-order valence-corrected chi connectivity index (χ2v) is 18.1. The zero-order valence-electron chi connectivity index (χ0n) is 39.5. The van der Waals surface area contributed by atoms with Crippen LogP contribution in [-0.4, -0.2) is 24.1 Å². The van der Waals surface area contributed by atoms with E-state index < -0.39 is 0 Å². The summed E-state index contributed by atoms with van der Waals surface area (Å²) in [5.41, 5.74) is 15.2. The molecule has 13 rings (SSSR count). The van der Waals surface area contributed by atoms with Gasteiger partial charge in [0.15, 0.2) is 17.5 Å². The lowest BCUT2D eigenvalue weighted by atomic mass is 9.97. The van der Waals surface area contributed by atoms with Crippen LogP contribution in [0.25, 0.3) is 123 Å². The van der Waals surface area contributed by atoms with Crippen LogP contribution in [-0.2, 0) is 0 Å². The standard InChI is InChI=1S/C66H38N8/c67-39-42-27-29-45(30-28-42)50-17-1-2-22-55(50)64-70-65(56-33-31-48(46-15-11-13-43(35-46)40-68)37-62(56)73-58-23-7-3-18-51(58)52-19-4-8-24-59(52)73)72-66(71-64)57-34-32-49(47-16-12-14-44(36-47)41-69)38-63(57)74-60-25-9-5-20-53(60)54-21-6-10-26-61(54)74/h1-38H. The lowest BCUT2D eigenvalue weighted by Crippen LogP contribution is -2.06. The third-order valence-corrected chi connectivity index (χ3v) is 13.9. The monoisotopic (exact) mass is 942 g/mol. The van der Waals surface area contributed by atoms with Gasteiger partial charge < -0.3 is 9.13 Å². The molecule has 0 radical (unpaired) electrons. The highest BCUT2D eigenvalue weighted by molar-refractivity contribution is 6.11. The Morgan fingerprint density at radius 2 is 0.622 bits per heavy atom. The molecule has 3 aromatic heterocycles. The van der Waals surface area contributed by atoms with Gasteiger partial charge in [0.25, 0.3) is 0 Å². The van der Waals surface area contributed by atoms with Crippen LogP contribution in [0.15, 0.2) is 231 Å². The minimum Gasteiger partial charge on any atom is -0.308 e. The van der Waals surface area contributed by atoms with E-state index in [2.05, 4.69) is 167 Å². The molecule has 342 valence electrons. The van der Waals surface area contributed by atoms with Crippen LogP contribution in [0.4, 0.5) is 0 Å². The molecule has 0 N–H and O–H groups in total. The van der Waals surface area contributed by atoms with Crippen LogP contribution in [0.3, 0.4) is 0 Å². The fourth-order valence-electron chi connectivity index (χ4n) is 10.5. The van der Waals surface area contributed by atoms with Crippen molar-refractivity contribution >= 4 is 43.6 Å². The number of benzene rings is 10. The summed E-state index contributed by atoms with van der Waals surface area (Å²) in [6.07, 6.45) is 0. The van der Waals surface area contributed by atoms with Gasteiger partial charge in [-0.05, 0) is 118 Å². The number of para-hydroxylation sites is 4. The summed E-state index contributed by atoms with van der Waals surface area (Å²) in [6.45, 7) is 0. The molecule has 0 aliphatic carbocycles. The van der Waals surface area contributed by atoms with Crippen molar-refractivity contribution < 1.29 is 0 Å². The molecule has 0 fully saturated rings. The molecule has 13 aromatic rings. The van der Waals surface area contributed by atoms with Gasteiger partial charge in [-0.2, -0.15) is 15.8 Å². The maximum absolute atomic E-state index is 9.97. The minimum absolute atomic E-state index is 0.452. The van der Waals surface area contributed by atoms with Crippen LogP contribution >= 0.6 is 0 Å². The number of hydrogen-bond acceptors (Lipinski definition) is 6. The summed E-state index contributed by atoms with van der Waals surface area (Å²) in [4.78, 5) is 16.6. The van der Waals surface area contributed by atoms with Gasteiger partial charge >= 0.3 is 0 Å². The molecular weight excluding hydrogens is 905 g/mol. The molecule has 8 heteroatoms. The maximum Gasteiger partial charge on any atom is 0.166 e. The highest BCUT2D eigenvalue weighted by Crippen LogP contribution is 2.42. The van der Waals surface area contributed by atoms with E-state index in [9.17, 15) is 15.8 Å². The van der Waals surface area contributed by atoms with Gasteiger partial charge in [0, 0.05) is 38.2 Å². The third kappa shape index (κ3) is 7.33. The predicted octanol–water partition coefficient (Wildman–Crippen LogP) is 15.7. The van der Waals surface area contributed by atoms with Crippen LogP contribution < -0.4 is 0 Å². The van der Waals surface area contributed by atoms with E-state index in [0.29, 0.717) is 34.2 Å². The second-order valence-electron chi connectivity index (χ2n) is 18.1. The van der Waals surface area contributed by atoms with Crippen molar-refractivity contribution in [2.75, 3.05) is 0 Å². The van der Waals surface area contributed by atoms with E-state index in [1.54, 1.807) is 0 Å². The fraction of sp³-hybridized carbons (Fsp3) is 0. The molecule has 0 saturated heterocycles. The summed E-state index contributed by atoms with van der Waals surface area (Å²) in [5, 5.41) is 34.1. The van der Waals surface area contributed by atoms with Crippen molar-refractivity contribution in [1.82, 2.24) is 24.1 Å².